The zero-order chi connectivity index (χ0) is 13.9. The maximum absolute atomic E-state index is 13.4. The first-order chi connectivity index (χ1) is 8.29. The Morgan fingerprint density at radius 3 is 2.50 bits per heavy atom. The van der Waals surface area contributed by atoms with Crippen molar-refractivity contribution in [2.24, 2.45) is 0 Å². The van der Waals surface area contributed by atoms with Crippen LogP contribution in [-0.4, -0.2) is 37.3 Å². The van der Waals surface area contributed by atoms with E-state index in [1.807, 2.05) is 0 Å². The van der Waals surface area contributed by atoms with Crippen LogP contribution in [0.25, 0.3) is 0 Å². The van der Waals surface area contributed by atoms with Gasteiger partial charge in [-0.1, -0.05) is 0 Å². The fourth-order valence-corrected chi connectivity index (χ4v) is 3.66. The highest BCUT2D eigenvalue weighted by Gasteiger charge is 2.24. The molecule has 1 aromatic rings. The van der Waals surface area contributed by atoms with E-state index in [1.54, 1.807) is 6.26 Å². The van der Waals surface area contributed by atoms with Gasteiger partial charge in [0.25, 0.3) is 0 Å². The summed E-state index contributed by atoms with van der Waals surface area (Å²) in [6.07, 6.45) is 1.67. The number of aromatic carboxylic acids is 1. The second kappa shape index (κ2) is 5.66. The van der Waals surface area contributed by atoms with Gasteiger partial charge in [-0.05, 0) is 18.4 Å². The fourth-order valence-electron chi connectivity index (χ4n) is 1.22. The molecule has 0 aliphatic heterocycles. The van der Waals surface area contributed by atoms with E-state index in [2.05, 4.69) is 0 Å². The number of halogens is 2. The van der Waals surface area contributed by atoms with E-state index in [1.165, 1.54) is 11.8 Å². The van der Waals surface area contributed by atoms with Crippen LogP contribution in [0, 0.1) is 11.6 Å². The molecule has 0 unspecified atom stereocenters. The van der Waals surface area contributed by atoms with Gasteiger partial charge < -0.3 is 5.11 Å². The molecule has 100 valence electrons. The first-order valence-electron chi connectivity index (χ1n) is 4.73. The second-order valence-corrected chi connectivity index (χ2v) is 6.45. The van der Waals surface area contributed by atoms with Crippen molar-refractivity contribution in [3.63, 3.8) is 0 Å². The summed E-state index contributed by atoms with van der Waals surface area (Å²) in [5.74, 6) is -4.72. The van der Waals surface area contributed by atoms with Crippen LogP contribution < -0.4 is 0 Å². The third-order valence-corrected chi connectivity index (χ3v) is 4.71. The molecule has 0 atom stereocenters. The van der Waals surface area contributed by atoms with Gasteiger partial charge in [-0.25, -0.2) is 22.0 Å². The molecule has 0 radical (unpaired) electrons. The predicted octanol–water partition coefficient (Wildman–Crippen LogP) is 1.80. The number of carboxylic acids is 1. The summed E-state index contributed by atoms with van der Waals surface area (Å²) in [5, 5.41) is 8.68. The molecule has 8 heteroatoms. The van der Waals surface area contributed by atoms with Crippen molar-refractivity contribution < 1.29 is 27.1 Å². The molecule has 0 heterocycles. The Balaban J connectivity index is 3.35. The lowest BCUT2D eigenvalue weighted by Crippen LogP contribution is -2.13. The second-order valence-electron chi connectivity index (χ2n) is 3.39. The zero-order valence-electron chi connectivity index (χ0n) is 9.31. The lowest BCUT2D eigenvalue weighted by molar-refractivity contribution is 0.0696. The maximum atomic E-state index is 13.4. The van der Waals surface area contributed by atoms with Crippen molar-refractivity contribution in [2.45, 2.75) is 4.90 Å². The van der Waals surface area contributed by atoms with Crippen LogP contribution in [0.4, 0.5) is 8.78 Å². The molecule has 0 fully saturated rings. The van der Waals surface area contributed by atoms with Gasteiger partial charge in [-0.15, -0.1) is 0 Å². The third-order valence-electron chi connectivity index (χ3n) is 2.13. The minimum absolute atomic E-state index is 0.209. The summed E-state index contributed by atoms with van der Waals surface area (Å²) in [7, 11) is -4.03. The molecule has 0 saturated carbocycles. The first-order valence-corrected chi connectivity index (χ1v) is 7.78. The molecule has 0 spiro atoms. The summed E-state index contributed by atoms with van der Waals surface area (Å²) in [5.41, 5.74) is -0.600. The summed E-state index contributed by atoms with van der Waals surface area (Å²) >= 11 is 1.23. The quantitative estimate of drug-likeness (QED) is 0.897. The Morgan fingerprint density at radius 1 is 1.39 bits per heavy atom. The number of carbonyl (C=O) groups is 1. The van der Waals surface area contributed by atoms with E-state index in [0.717, 1.165) is 0 Å². The van der Waals surface area contributed by atoms with Gasteiger partial charge in [-0.3, -0.25) is 0 Å². The van der Waals surface area contributed by atoms with Gasteiger partial charge in [0.05, 0.1) is 11.3 Å². The maximum Gasteiger partial charge on any atom is 0.335 e. The molecule has 1 rings (SSSR count). The number of rotatable bonds is 5. The Morgan fingerprint density at radius 2 is 2.00 bits per heavy atom. The highest BCUT2D eigenvalue weighted by atomic mass is 32.2. The molecule has 0 saturated heterocycles. The molecule has 4 nitrogen and oxygen atoms in total. The van der Waals surface area contributed by atoms with Crippen molar-refractivity contribution in [1.29, 1.82) is 0 Å². The lowest BCUT2D eigenvalue weighted by atomic mass is 10.2. The zero-order valence-corrected chi connectivity index (χ0v) is 10.9. The fraction of sp³-hybridized carbons (Fsp3) is 0.300. The number of benzene rings is 1. The standard InChI is InChI=1S/C10H10F2O4S2/c1-17-2-3-18(15,16)8-5-6(10(13)14)4-7(11)9(8)12/h4-5H,2-3H2,1H3,(H,13,14). The molecular formula is C10H10F2O4S2. The number of hydrogen-bond acceptors (Lipinski definition) is 4. The summed E-state index contributed by atoms with van der Waals surface area (Å²) < 4.78 is 50.0. The van der Waals surface area contributed by atoms with E-state index in [4.69, 9.17) is 5.11 Å². The van der Waals surface area contributed by atoms with E-state index < -0.39 is 37.9 Å². The SMILES string of the molecule is CSCCS(=O)(=O)c1cc(C(=O)O)cc(F)c1F. The normalized spacial score (nSPS) is 11.5. The van der Waals surface area contributed by atoms with Crippen LogP contribution >= 0.6 is 11.8 Å². The number of hydrogen-bond donors (Lipinski definition) is 1. The average Bonchev–Trinajstić information content (AvgIpc) is 2.29. The van der Waals surface area contributed by atoms with Crippen LogP contribution in [0.1, 0.15) is 10.4 Å². The van der Waals surface area contributed by atoms with Crippen LogP contribution in [0.2, 0.25) is 0 Å². The van der Waals surface area contributed by atoms with E-state index in [0.29, 0.717) is 12.1 Å². The van der Waals surface area contributed by atoms with Gasteiger partial charge in [0.1, 0.15) is 4.90 Å². The van der Waals surface area contributed by atoms with Crippen molar-refractivity contribution in [2.75, 3.05) is 17.8 Å². The monoisotopic (exact) mass is 296 g/mol. The van der Waals surface area contributed by atoms with Crippen molar-refractivity contribution in [3.8, 4) is 0 Å². The van der Waals surface area contributed by atoms with Gasteiger partial charge in [0.15, 0.2) is 21.5 Å². The van der Waals surface area contributed by atoms with Crippen LogP contribution in [-0.2, 0) is 9.84 Å². The average molecular weight is 296 g/mol. The van der Waals surface area contributed by atoms with Crippen molar-refractivity contribution in [1.82, 2.24) is 0 Å². The Labute approximate surface area is 107 Å². The van der Waals surface area contributed by atoms with Gasteiger partial charge in [-0.2, -0.15) is 11.8 Å². The Kier molecular flexibility index (Phi) is 4.69. The largest absolute Gasteiger partial charge is 0.478 e. The Bertz CT molecular complexity index is 569. The third kappa shape index (κ3) is 3.20. The highest BCUT2D eigenvalue weighted by molar-refractivity contribution is 8.00. The lowest BCUT2D eigenvalue weighted by Gasteiger charge is -2.07. The van der Waals surface area contributed by atoms with Gasteiger partial charge in [0, 0.05) is 5.75 Å². The summed E-state index contributed by atoms with van der Waals surface area (Å²) in [4.78, 5) is 9.76. The molecule has 0 amide bonds. The molecule has 0 aliphatic rings. The topological polar surface area (TPSA) is 71.4 Å². The Hall–Kier alpha value is -1.15. The molecule has 0 aromatic heterocycles. The van der Waals surface area contributed by atoms with Crippen molar-refractivity contribution in [3.05, 3.63) is 29.3 Å². The predicted molar refractivity (Wildman–Crippen MR) is 63.8 cm³/mol. The van der Waals surface area contributed by atoms with Crippen LogP contribution in [0.3, 0.4) is 0 Å². The van der Waals surface area contributed by atoms with E-state index >= 15 is 0 Å². The van der Waals surface area contributed by atoms with Crippen molar-refractivity contribution >= 4 is 27.6 Å². The highest BCUT2D eigenvalue weighted by Crippen LogP contribution is 2.21. The smallest absolute Gasteiger partial charge is 0.335 e. The molecular weight excluding hydrogens is 286 g/mol. The molecule has 0 bridgehead atoms. The molecule has 0 aliphatic carbocycles. The minimum Gasteiger partial charge on any atom is -0.478 e. The summed E-state index contributed by atoms with van der Waals surface area (Å²) in [6, 6.07) is 1.08. The van der Waals surface area contributed by atoms with Gasteiger partial charge >= 0.3 is 5.97 Å². The van der Waals surface area contributed by atoms with E-state index in [-0.39, 0.29) is 11.5 Å². The number of thioether (sulfide) groups is 1. The number of carboxylic acid groups (broad SMARTS) is 1. The summed E-state index contributed by atoms with van der Waals surface area (Å²) in [6.45, 7) is 0. The van der Waals surface area contributed by atoms with Crippen LogP contribution in [0.15, 0.2) is 17.0 Å². The number of sulfone groups is 1. The van der Waals surface area contributed by atoms with Gasteiger partial charge in [0.2, 0.25) is 0 Å². The molecule has 1 aromatic carbocycles. The first kappa shape index (κ1) is 14.9. The minimum atomic E-state index is -4.03. The molecule has 18 heavy (non-hydrogen) atoms. The van der Waals surface area contributed by atoms with E-state index in [9.17, 15) is 22.0 Å². The van der Waals surface area contributed by atoms with Crippen LogP contribution in [0.5, 0.6) is 0 Å². The molecule has 1 N–H and O–H groups in total.